The first kappa shape index (κ1) is 23.3. The van der Waals surface area contributed by atoms with Crippen LogP contribution in [0.15, 0.2) is 73.1 Å². The largest absolute Gasteiger partial charge is 0.469 e. The second-order valence-electron chi connectivity index (χ2n) is 9.84. The van der Waals surface area contributed by atoms with Crippen LogP contribution in [0.2, 0.25) is 0 Å². The predicted molar refractivity (Wildman–Crippen MR) is 134 cm³/mol. The first-order valence-electron chi connectivity index (χ1n) is 12.6. The fraction of sp³-hybridized carbons (Fsp3) is 0.367. The Labute approximate surface area is 207 Å². The standard InChI is InChI=1S/C30H33N2O3/c1-35-29(33)14-9-22-7-12-27(13-8-22)32-21-26-11-10-25(19-28(26)30(32)34)24-15-17-31(18-16-24)20-23-5-3-2-4-6-23/h2-6,10-11,15-19,22,27H,7-9,12-14,20-21H2,1H3/q+1. The molecule has 1 aliphatic heterocycles. The van der Waals surface area contributed by atoms with Crippen molar-refractivity contribution in [2.75, 3.05) is 7.11 Å². The molecule has 1 aliphatic carbocycles. The highest BCUT2D eigenvalue weighted by molar-refractivity contribution is 5.99. The molecule has 0 saturated heterocycles. The molecular weight excluding hydrogens is 436 g/mol. The fourth-order valence-electron chi connectivity index (χ4n) is 5.52. The van der Waals surface area contributed by atoms with Crippen LogP contribution in [-0.2, 0) is 22.6 Å². The lowest BCUT2D eigenvalue weighted by atomic mass is 9.83. The first-order valence-corrected chi connectivity index (χ1v) is 12.6. The summed E-state index contributed by atoms with van der Waals surface area (Å²) in [5, 5.41) is 0. The molecule has 5 rings (SSSR count). The number of fused-ring (bicyclic) bond motifs is 1. The number of carbonyl (C=O) groups is 2. The van der Waals surface area contributed by atoms with E-state index in [9.17, 15) is 9.59 Å². The molecule has 1 aromatic heterocycles. The van der Waals surface area contributed by atoms with Gasteiger partial charge in [0.1, 0.15) is 0 Å². The molecule has 1 fully saturated rings. The third-order valence-corrected chi connectivity index (χ3v) is 7.62. The van der Waals surface area contributed by atoms with Crippen molar-refractivity contribution in [1.82, 2.24) is 4.90 Å². The maximum Gasteiger partial charge on any atom is 0.305 e. The van der Waals surface area contributed by atoms with Gasteiger partial charge >= 0.3 is 5.97 Å². The summed E-state index contributed by atoms with van der Waals surface area (Å²) in [4.78, 5) is 26.8. The van der Waals surface area contributed by atoms with Crippen molar-refractivity contribution in [3.05, 3.63) is 89.7 Å². The molecule has 5 nitrogen and oxygen atoms in total. The average Bonchev–Trinajstić information content (AvgIpc) is 3.24. The highest BCUT2D eigenvalue weighted by Gasteiger charge is 2.35. The lowest BCUT2D eigenvalue weighted by molar-refractivity contribution is -0.688. The zero-order chi connectivity index (χ0) is 24.2. The average molecular weight is 470 g/mol. The minimum Gasteiger partial charge on any atom is -0.469 e. The number of hydrogen-bond acceptors (Lipinski definition) is 3. The van der Waals surface area contributed by atoms with E-state index in [-0.39, 0.29) is 11.9 Å². The Balaban J connectivity index is 1.21. The van der Waals surface area contributed by atoms with E-state index in [1.54, 1.807) is 0 Å². The zero-order valence-corrected chi connectivity index (χ0v) is 20.4. The van der Waals surface area contributed by atoms with Gasteiger partial charge in [0.15, 0.2) is 18.9 Å². The highest BCUT2D eigenvalue weighted by atomic mass is 16.5. The normalized spacial score (nSPS) is 19.5. The summed E-state index contributed by atoms with van der Waals surface area (Å²) in [5.74, 6) is 0.590. The first-order chi connectivity index (χ1) is 17.1. The molecule has 180 valence electrons. The Bertz CT molecular complexity index is 1180. The van der Waals surface area contributed by atoms with Gasteiger partial charge in [-0.1, -0.05) is 42.5 Å². The molecule has 0 bridgehead atoms. The zero-order valence-electron chi connectivity index (χ0n) is 20.4. The van der Waals surface area contributed by atoms with Crippen LogP contribution in [0, 0.1) is 5.92 Å². The number of carbonyl (C=O) groups excluding carboxylic acids is 2. The second kappa shape index (κ2) is 10.4. The van der Waals surface area contributed by atoms with E-state index >= 15 is 0 Å². The molecule has 35 heavy (non-hydrogen) atoms. The quantitative estimate of drug-likeness (QED) is 0.355. The number of nitrogens with zero attached hydrogens (tertiary/aromatic N) is 2. The van der Waals surface area contributed by atoms with E-state index in [4.69, 9.17) is 4.74 Å². The van der Waals surface area contributed by atoms with Crippen molar-refractivity contribution in [3.63, 3.8) is 0 Å². The minimum atomic E-state index is -0.127. The number of aromatic nitrogens is 1. The summed E-state index contributed by atoms with van der Waals surface area (Å²) in [7, 11) is 1.45. The van der Waals surface area contributed by atoms with Crippen molar-refractivity contribution in [2.24, 2.45) is 5.92 Å². The summed E-state index contributed by atoms with van der Waals surface area (Å²) in [5.41, 5.74) is 5.44. The number of ether oxygens (including phenoxy) is 1. The maximum absolute atomic E-state index is 13.3. The molecule has 0 spiro atoms. The predicted octanol–water partition coefficient (Wildman–Crippen LogP) is 5.16. The van der Waals surface area contributed by atoms with Gasteiger partial charge in [-0.05, 0) is 60.8 Å². The Kier molecular flexibility index (Phi) is 6.94. The van der Waals surface area contributed by atoms with Gasteiger partial charge in [-0.2, -0.15) is 0 Å². The van der Waals surface area contributed by atoms with Gasteiger partial charge in [0, 0.05) is 42.3 Å². The summed E-state index contributed by atoms with van der Waals surface area (Å²) in [6, 6.07) is 21.3. The molecule has 3 aromatic rings. The van der Waals surface area contributed by atoms with E-state index in [0.717, 1.165) is 60.9 Å². The van der Waals surface area contributed by atoms with Crippen LogP contribution >= 0.6 is 0 Å². The third kappa shape index (κ3) is 5.29. The number of rotatable bonds is 7. The van der Waals surface area contributed by atoms with Crippen molar-refractivity contribution in [1.29, 1.82) is 0 Å². The monoisotopic (exact) mass is 469 g/mol. The van der Waals surface area contributed by atoms with Crippen molar-refractivity contribution < 1.29 is 18.9 Å². The smallest absolute Gasteiger partial charge is 0.305 e. The number of pyridine rings is 1. The van der Waals surface area contributed by atoms with Gasteiger partial charge in [-0.3, -0.25) is 9.59 Å². The molecule has 0 radical (unpaired) electrons. The van der Waals surface area contributed by atoms with Gasteiger partial charge in [0.25, 0.3) is 5.91 Å². The number of benzene rings is 2. The summed E-state index contributed by atoms with van der Waals surface area (Å²) < 4.78 is 6.94. The van der Waals surface area contributed by atoms with E-state index in [0.29, 0.717) is 24.9 Å². The molecule has 2 aliphatic rings. The third-order valence-electron chi connectivity index (χ3n) is 7.62. The van der Waals surface area contributed by atoms with Crippen LogP contribution in [0.1, 0.15) is 60.0 Å². The van der Waals surface area contributed by atoms with Crippen LogP contribution in [0.4, 0.5) is 0 Å². The van der Waals surface area contributed by atoms with Gasteiger partial charge < -0.3 is 9.64 Å². The number of esters is 1. The molecule has 0 unspecified atom stereocenters. The Morgan fingerprint density at radius 3 is 2.43 bits per heavy atom. The topological polar surface area (TPSA) is 50.5 Å². The summed E-state index contributed by atoms with van der Waals surface area (Å²) in [6.45, 7) is 1.54. The Morgan fingerprint density at radius 1 is 0.971 bits per heavy atom. The molecule has 1 amide bonds. The van der Waals surface area contributed by atoms with Crippen LogP contribution in [0.25, 0.3) is 11.1 Å². The maximum atomic E-state index is 13.3. The minimum absolute atomic E-state index is 0.127. The summed E-state index contributed by atoms with van der Waals surface area (Å²) >= 11 is 0. The van der Waals surface area contributed by atoms with E-state index < -0.39 is 0 Å². The van der Waals surface area contributed by atoms with Gasteiger partial charge in [0.05, 0.1) is 7.11 Å². The Morgan fingerprint density at radius 2 is 1.71 bits per heavy atom. The lowest BCUT2D eigenvalue weighted by Gasteiger charge is -2.34. The number of hydrogen-bond donors (Lipinski definition) is 0. The highest BCUT2D eigenvalue weighted by Crippen LogP contribution is 2.36. The van der Waals surface area contributed by atoms with Crippen LogP contribution < -0.4 is 4.57 Å². The van der Waals surface area contributed by atoms with Crippen LogP contribution in [0.5, 0.6) is 0 Å². The van der Waals surface area contributed by atoms with Gasteiger partial charge in [-0.15, -0.1) is 0 Å². The van der Waals surface area contributed by atoms with Gasteiger partial charge in [-0.25, -0.2) is 4.57 Å². The van der Waals surface area contributed by atoms with Crippen LogP contribution in [-0.4, -0.2) is 29.9 Å². The van der Waals surface area contributed by atoms with Crippen molar-refractivity contribution in [3.8, 4) is 11.1 Å². The van der Waals surface area contributed by atoms with Crippen molar-refractivity contribution in [2.45, 2.75) is 57.7 Å². The lowest BCUT2D eigenvalue weighted by Crippen LogP contribution is -2.38. The molecule has 0 atom stereocenters. The second-order valence-corrected chi connectivity index (χ2v) is 9.84. The molecule has 1 saturated carbocycles. The molecule has 2 heterocycles. The summed E-state index contributed by atoms with van der Waals surface area (Å²) in [6.07, 6.45) is 9.75. The number of amides is 1. The number of methoxy groups -OCH3 is 1. The molecule has 5 heteroatoms. The fourth-order valence-corrected chi connectivity index (χ4v) is 5.52. The Hall–Kier alpha value is -3.47. The van der Waals surface area contributed by atoms with E-state index in [2.05, 4.69) is 76.5 Å². The molecular formula is C30H33N2O3+. The molecule has 2 aromatic carbocycles. The van der Waals surface area contributed by atoms with Gasteiger partial charge in [0.2, 0.25) is 0 Å². The van der Waals surface area contributed by atoms with E-state index in [1.165, 1.54) is 12.7 Å². The molecule has 0 N–H and O–H groups in total. The van der Waals surface area contributed by atoms with E-state index in [1.807, 2.05) is 6.07 Å². The SMILES string of the molecule is COC(=O)CCC1CCC(N2Cc3ccc(-c4cc[n+](Cc5ccccc5)cc4)cc3C2=O)CC1. The van der Waals surface area contributed by atoms with Crippen molar-refractivity contribution >= 4 is 11.9 Å². The van der Waals surface area contributed by atoms with Crippen LogP contribution in [0.3, 0.4) is 0 Å².